The molecule has 0 bridgehead atoms. The van der Waals surface area contributed by atoms with Crippen LogP contribution in [-0.2, 0) is 4.79 Å². The van der Waals surface area contributed by atoms with Crippen LogP contribution in [0.25, 0.3) is 6.08 Å². The van der Waals surface area contributed by atoms with Crippen LogP contribution >= 0.6 is 27.5 Å². The van der Waals surface area contributed by atoms with Crippen molar-refractivity contribution in [3.05, 3.63) is 57.5 Å². The molecule has 118 valence electrons. The Bertz CT molecular complexity index is 776. The van der Waals surface area contributed by atoms with E-state index in [1.807, 2.05) is 12.1 Å². The summed E-state index contributed by atoms with van der Waals surface area (Å²) in [5.74, 6) is 1.03. The minimum atomic E-state index is -0.248. The molecular weight excluding hydrogens is 382 g/mol. The van der Waals surface area contributed by atoms with Gasteiger partial charge in [0, 0.05) is 27.7 Å². The summed E-state index contributed by atoms with van der Waals surface area (Å²) in [5.41, 5.74) is 1.48. The summed E-state index contributed by atoms with van der Waals surface area (Å²) in [6.07, 6.45) is 3.15. The lowest BCUT2D eigenvalue weighted by molar-refractivity contribution is -0.111. The molecule has 2 aromatic rings. The second-order valence-electron chi connectivity index (χ2n) is 4.85. The van der Waals surface area contributed by atoms with E-state index < -0.39 is 0 Å². The van der Waals surface area contributed by atoms with Crippen LogP contribution in [0.1, 0.15) is 5.56 Å². The number of fused-ring (bicyclic) bond motifs is 1. The third-order valence-electron chi connectivity index (χ3n) is 3.17. The van der Waals surface area contributed by atoms with Crippen molar-refractivity contribution < 1.29 is 14.3 Å². The zero-order chi connectivity index (χ0) is 16.2. The first-order chi connectivity index (χ1) is 11.1. The molecule has 1 aliphatic rings. The van der Waals surface area contributed by atoms with Crippen LogP contribution in [0.5, 0.6) is 11.5 Å². The number of carbonyl (C=O) groups is 1. The fourth-order valence-corrected chi connectivity index (χ4v) is 2.74. The monoisotopic (exact) mass is 393 g/mol. The molecule has 3 rings (SSSR count). The summed E-state index contributed by atoms with van der Waals surface area (Å²) in [5, 5.41) is 3.43. The molecule has 4 nitrogen and oxygen atoms in total. The van der Waals surface area contributed by atoms with Crippen LogP contribution in [0.15, 0.2) is 46.9 Å². The van der Waals surface area contributed by atoms with Gasteiger partial charge in [-0.15, -0.1) is 0 Å². The van der Waals surface area contributed by atoms with Gasteiger partial charge in [-0.3, -0.25) is 4.79 Å². The standard InChI is InChI=1S/C17H13BrClNO3/c18-13-9-15-16(23-7-6-22-15)10-14(13)20-17(21)5-4-11-2-1-3-12(19)8-11/h1-5,8-10H,6-7H2,(H,20,21). The molecule has 23 heavy (non-hydrogen) atoms. The van der Waals surface area contributed by atoms with Crippen molar-refractivity contribution in [2.45, 2.75) is 0 Å². The van der Waals surface area contributed by atoms with E-state index in [0.29, 0.717) is 35.4 Å². The van der Waals surface area contributed by atoms with Gasteiger partial charge < -0.3 is 14.8 Å². The van der Waals surface area contributed by atoms with Crippen LogP contribution in [0.4, 0.5) is 5.69 Å². The van der Waals surface area contributed by atoms with Gasteiger partial charge in [-0.25, -0.2) is 0 Å². The minimum absolute atomic E-state index is 0.248. The molecule has 0 aromatic heterocycles. The third kappa shape index (κ3) is 4.06. The summed E-state index contributed by atoms with van der Waals surface area (Å²) >= 11 is 9.33. The number of carbonyl (C=O) groups excluding carboxylic acids is 1. The van der Waals surface area contributed by atoms with Crippen molar-refractivity contribution >= 4 is 45.2 Å². The van der Waals surface area contributed by atoms with Crippen LogP contribution < -0.4 is 14.8 Å². The average Bonchev–Trinajstić information content (AvgIpc) is 2.54. The number of rotatable bonds is 3. The number of nitrogens with one attached hydrogen (secondary N) is 1. The first kappa shape index (κ1) is 15.9. The van der Waals surface area contributed by atoms with Crippen molar-refractivity contribution in [2.75, 3.05) is 18.5 Å². The largest absolute Gasteiger partial charge is 0.486 e. The summed E-state index contributed by atoms with van der Waals surface area (Å²) < 4.78 is 11.7. The fraction of sp³-hybridized carbons (Fsp3) is 0.118. The van der Waals surface area contributed by atoms with Crippen LogP contribution in [-0.4, -0.2) is 19.1 Å². The molecule has 1 amide bonds. The maximum Gasteiger partial charge on any atom is 0.248 e. The lowest BCUT2D eigenvalue weighted by Gasteiger charge is -2.19. The maximum absolute atomic E-state index is 12.1. The number of ether oxygens (including phenoxy) is 2. The molecule has 1 N–H and O–H groups in total. The van der Waals surface area contributed by atoms with Gasteiger partial charge in [-0.05, 0) is 39.7 Å². The Morgan fingerprint density at radius 1 is 1.17 bits per heavy atom. The Morgan fingerprint density at radius 3 is 2.65 bits per heavy atom. The molecule has 0 aliphatic carbocycles. The number of hydrogen-bond donors (Lipinski definition) is 1. The predicted octanol–water partition coefficient (Wildman–Crippen LogP) is 4.53. The second kappa shape index (κ2) is 7.06. The van der Waals surface area contributed by atoms with Crippen molar-refractivity contribution in [3.63, 3.8) is 0 Å². The summed E-state index contributed by atoms with van der Waals surface area (Å²) in [6.45, 7) is 1.02. The number of hydrogen-bond acceptors (Lipinski definition) is 3. The van der Waals surface area contributed by atoms with E-state index in [9.17, 15) is 4.79 Å². The second-order valence-corrected chi connectivity index (χ2v) is 6.14. The van der Waals surface area contributed by atoms with Gasteiger partial charge in [0.05, 0.1) is 5.69 Å². The van der Waals surface area contributed by atoms with Crippen molar-refractivity contribution in [1.29, 1.82) is 0 Å². The highest BCUT2D eigenvalue weighted by Gasteiger charge is 2.15. The van der Waals surface area contributed by atoms with Crippen LogP contribution in [0.3, 0.4) is 0 Å². The number of benzene rings is 2. The van der Waals surface area contributed by atoms with Gasteiger partial charge in [0.15, 0.2) is 11.5 Å². The Balaban J connectivity index is 1.72. The van der Waals surface area contributed by atoms with Gasteiger partial charge >= 0.3 is 0 Å². The lowest BCUT2D eigenvalue weighted by Crippen LogP contribution is -2.16. The topological polar surface area (TPSA) is 47.6 Å². The Hall–Kier alpha value is -1.98. The number of halogens is 2. The zero-order valence-corrected chi connectivity index (χ0v) is 14.4. The Morgan fingerprint density at radius 2 is 1.91 bits per heavy atom. The van der Waals surface area contributed by atoms with Gasteiger partial charge in [0.1, 0.15) is 13.2 Å². The zero-order valence-electron chi connectivity index (χ0n) is 12.0. The first-order valence-corrected chi connectivity index (χ1v) is 8.13. The minimum Gasteiger partial charge on any atom is -0.486 e. The van der Waals surface area contributed by atoms with Crippen molar-refractivity contribution in [3.8, 4) is 11.5 Å². The molecule has 0 saturated carbocycles. The van der Waals surface area contributed by atoms with Crippen LogP contribution in [0.2, 0.25) is 5.02 Å². The molecule has 0 atom stereocenters. The molecule has 0 unspecified atom stereocenters. The van der Waals surface area contributed by atoms with Gasteiger partial charge in [0.2, 0.25) is 5.91 Å². The molecule has 2 aromatic carbocycles. The van der Waals surface area contributed by atoms with Crippen molar-refractivity contribution in [2.24, 2.45) is 0 Å². The molecule has 0 fully saturated rings. The van der Waals surface area contributed by atoms with E-state index in [0.717, 1.165) is 10.0 Å². The maximum atomic E-state index is 12.1. The van der Waals surface area contributed by atoms with Gasteiger partial charge in [0.25, 0.3) is 0 Å². The fourth-order valence-electron chi connectivity index (χ4n) is 2.12. The molecule has 6 heteroatoms. The Kier molecular flexibility index (Phi) is 4.88. The number of anilines is 1. The molecule has 0 saturated heterocycles. The normalized spacial score (nSPS) is 13.1. The molecule has 1 heterocycles. The molecule has 0 spiro atoms. The van der Waals surface area contributed by atoms with Crippen molar-refractivity contribution in [1.82, 2.24) is 0 Å². The third-order valence-corrected chi connectivity index (χ3v) is 4.06. The lowest BCUT2D eigenvalue weighted by atomic mass is 10.2. The average molecular weight is 395 g/mol. The van der Waals surface area contributed by atoms with E-state index in [4.69, 9.17) is 21.1 Å². The SMILES string of the molecule is O=C(C=Cc1cccc(Cl)c1)Nc1cc2c(cc1Br)OCCO2. The quantitative estimate of drug-likeness (QED) is 0.778. The highest BCUT2D eigenvalue weighted by Crippen LogP contribution is 2.38. The smallest absolute Gasteiger partial charge is 0.248 e. The van der Waals surface area contributed by atoms with Gasteiger partial charge in [-0.2, -0.15) is 0 Å². The van der Waals surface area contributed by atoms with Gasteiger partial charge in [-0.1, -0.05) is 23.7 Å². The molecular formula is C17H13BrClNO3. The molecule has 1 aliphatic heterocycles. The highest BCUT2D eigenvalue weighted by atomic mass is 79.9. The summed E-state index contributed by atoms with van der Waals surface area (Å²) in [7, 11) is 0. The molecule has 0 radical (unpaired) electrons. The van der Waals surface area contributed by atoms with E-state index in [1.165, 1.54) is 6.08 Å². The summed E-state index contributed by atoms with van der Waals surface area (Å²) in [4.78, 5) is 12.1. The van der Waals surface area contributed by atoms with E-state index >= 15 is 0 Å². The summed E-state index contributed by atoms with van der Waals surface area (Å²) in [6, 6.07) is 10.8. The number of amides is 1. The Labute approximate surface area is 147 Å². The van der Waals surface area contributed by atoms with E-state index in [-0.39, 0.29) is 5.91 Å². The van der Waals surface area contributed by atoms with E-state index in [2.05, 4.69) is 21.2 Å². The van der Waals surface area contributed by atoms with Crippen LogP contribution in [0, 0.1) is 0 Å². The first-order valence-electron chi connectivity index (χ1n) is 6.95. The predicted molar refractivity (Wildman–Crippen MR) is 94.2 cm³/mol. The highest BCUT2D eigenvalue weighted by molar-refractivity contribution is 9.10. The van der Waals surface area contributed by atoms with E-state index in [1.54, 1.807) is 30.3 Å².